The van der Waals surface area contributed by atoms with Crippen molar-refractivity contribution in [1.29, 1.82) is 0 Å². The second-order valence-electron chi connectivity index (χ2n) is 15.7. The number of carboxylic acids is 1. The van der Waals surface area contributed by atoms with Gasteiger partial charge >= 0.3 is 13.1 Å². The number of carbonyl (C=O) groups is 4. The van der Waals surface area contributed by atoms with Crippen LogP contribution in [0.1, 0.15) is 146 Å². The lowest BCUT2D eigenvalue weighted by atomic mass is 9.80. The number of carbonyl (C=O) groups excluding carboxylic acids is 3. The van der Waals surface area contributed by atoms with Gasteiger partial charge < -0.3 is 59.5 Å². The first-order valence-corrected chi connectivity index (χ1v) is 23.7. The van der Waals surface area contributed by atoms with Crippen molar-refractivity contribution >= 4 is 36.3 Å². The maximum absolute atomic E-state index is 12.3. The lowest BCUT2D eigenvalue weighted by Crippen LogP contribution is -2.41. The van der Waals surface area contributed by atoms with Crippen molar-refractivity contribution in [2.75, 3.05) is 92.4 Å². The van der Waals surface area contributed by atoms with Crippen molar-refractivity contribution in [3.63, 3.8) is 0 Å². The normalized spacial score (nSPS) is 11.7. The molecule has 0 saturated carbocycles. The molecule has 0 bridgehead atoms. The highest BCUT2D eigenvalue weighted by molar-refractivity contribution is 6.58. The van der Waals surface area contributed by atoms with Crippen molar-refractivity contribution in [3.05, 3.63) is 29.8 Å². The van der Waals surface area contributed by atoms with E-state index in [0.717, 1.165) is 12.8 Å². The molecule has 0 spiro atoms. The zero-order valence-electron chi connectivity index (χ0n) is 38.4. The molecule has 0 aromatic heterocycles. The average molecular weight is 896 g/mol. The van der Waals surface area contributed by atoms with Crippen molar-refractivity contribution < 1.29 is 62.8 Å². The van der Waals surface area contributed by atoms with Crippen LogP contribution in [0.5, 0.6) is 0 Å². The third-order valence-corrected chi connectivity index (χ3v) is 10.2. The molecule has 1 aromatic rings. The second kappa shape index (κ2) is 42.8. The van der Waals surface area contributed by atoms with Crippen molar-refractivity contribution in [1.82, 2.24) is 16.0 Å². The largest absolute Gasteiger partial charge is 0.488 e. The van der Waals surface area contributed by atoms with Gasteiger partial charge in [0.1, 0.15) is 6.04 Å². The Hall–Kier alpha value is -3.16. The van der Waals surface area contributed by atoms with Gasteiger partial charge in [-0.1, -0.05) is 109 Å². The number of amides is 3. The molecule has 0 radical (unpaired) electrons. The minimum atomic E-state index is -1.57. The molecule has 0 aliphatic carbocycles. The lowest BCUT2D eigenvalue weighted by Gasteiger charge is -2.15. The fourth-order valence-electron chi connectivity index (χ4n) is 6.48. The average Bonchev–Trinajstić information content (AvgIpc) is 3.27. The van der Waals surface area contributed by atoms with Crippen LogP contribution in [-0.2, 0) is 42.8 Å². The molecule has 0 aliphatic heterocycles. The molecule has 362 valence electrons. The maximum atomic E-state index is 12.3. The SMILES string of the molecule is CCCCCCCCCCCCCCCCCC(=O)NCCCC[C@H](NC(=O)CCOCCOCCOCCOCCOCCOCCNC(=O)c1ccc(B(O)O)cc1)C(=O)O. The summed E-state index contributed by atoms with van der Waals surface area (Å²) in [5.41, 5.74) is 0.727. The molecule has 6 N–H and O–H groups in total. The molecular formula is C46H82BN3O13. The van der Waals surface area contributed by atoms with Crippen LogP contribution in [0.4, 0.5) is 0 Å². The Morgan fingerprint density at radius 2 is 0.952 bits per heavy atom. The molecule has 3 amide bonds. The zero-order valence-corrected chi connectivity index (χ0v) is 38.4. The first kappa shape index (κ1) is 57.9. The van der Waals surface area contributed by atoms with E-state index >= 15 is 0 Å². The summed E-state index contributed by atoms with van der Waals surface area (Å²) in [5.74, 6) is -1.71. The Bertz CT molecular complexity index is 1260. The van der Waals surface area contributed by atoms with Gasteiger partial charge in [0.2, 0.25) is 11.8 Å². The molecule has 63 heavy (non-hydrogen) atoms. The van der Waals surface area contributed by atoms with E-state index in [1.54, 1.807) is 0 Å². The molecule has 0 heterocycles. The van der Waals surface area contributed by atoms with Gasteiger partial charge in [-0.25, -0.2) is 4.79 Å². The number of hydrogen-bond donors (Lipinski definition) is 6. The van der Waals surface area contributed by atoms with E-state index in [1.165, 1.54) is 108 Å². The van der Waals surface area contributed by atoms with Crippen molar-refractivity contribution in [2.24, 2.45) is 0 Å². The maximum Gasteiger partial charge on any atom is 0.488 e. The standard InChI is InChI=1S/C46H82BN3O13/c1-2-3-4-5-6-7-8-9-10-11-12-13-14-15-16-20-43(51)48-26-18-17-19-42(46(54)55)50-44(52)25-28-58-30-32-60-34-36-62-38-39-63-37-35-61-33-31-59-29-27-49-45(53)40-21-23-41(24-22-40)47(56)57/h21-24,42,56-57H,2-20,25-39H2,1H3,(H,48,51)(H,49,53)(H,50,52)(H,54,55)/t42-/m0/s1. The van der Waals surface area contributed by atoms with Crippen molar-refractivity contribution in [3.8, 4) is 0 Å². The highest BCUT2D eigenvalue weighted by atomic mass is 16.6. The van der Waals surface area contributed by atoms with Gasteiger partial charge in [-0.05, 0) is 43.3 Å². The number of unbranched alkanes of at least 4 members (excludes halogenated alkanes) is 15. The lowest BCUT2D eigenvalue weighted by molar-refractivity contribution is -0.142. The molecule has 17 heteroatoms. The van der Waals surface area contributed by atoms with Crippen LogP contribution in [0.25, 0.3) is 0 Å². The Kier molecular flexibility index (Phi) is 39.3. The van der Waals surface area contributed by atoms with Gasteiger partial charge in [0.05, 0.1) is 79.3 Å². The summed E-state index contributed by atoms with van der Waals surface area (Å²) in [6, 6.07) is 5.02. The van der Waals surface area contributed by atoms with E-state index in [-0.39, 0.29) is 37.2 Å². The third-order valence-electron chi connectivity index (χ3n) is 10.2. The van der Waals surface area contributed by atoms with E-state index < -0.39 is 19.1 Å². The van der Waals surface area contributed by atoms with Crippen molar-refractivity contribution in [2.45, 2.75) is 141 Å². The first-order valence-electron chi connectivity index (χ1n) is 23.7. The molecule has 0 fully saturated rings. The van der Waals surface area contributed by atoms with Gasteiger partial charge in [-0.15, -0.1) is 0 Å². The molecule has 1 aromatic carbocycles. The van der Waals surface area contributed by atoms with Crippen LogP contribution in [0, 0.1) is 0 Å². The summed E-state index contributed by atoms with van der Waals surface area (Å²) in [5, 5.41) is 36.0. The summed E-state index contributed by atoms with van der Waals surface area (Å²) >= 11 is 0. The number of benzene rings is 1. The number of nitrogens with one attached hydrogen (secondary N) is 3. The van der Waals surface area contributed by atoms with Gasteiger partial charge in [0, 0.05) is 31.5 Å². The molecule has 16 nitrogen and oxygen atoms in total. The number of hydrogen-bond acceptors (Lipinski definition) is 12. The molecule has 0 saturated heterocycles. The summed E-state index contributed by atoms with van der Waals surface area (Å²) in [4.78, 5) is 48.2. The van der Waals surface area contributed by atoms with Crippen LogP contribution < -0.4 is 21.4 Å². The summed E-state index contributed by atoms with van der Waals surface area (Å²) in [7, 11) is -1.57. The molecule has 1 rings (SSSR count). The third kappa shape index (κ3) is 36.8. The van der Waals surface area contributed by atoms with E-state index in [9.17, 15) is 24.3 Å². The van der Waals surface area contributed by atoms with Crippen LogP contribution >= 0.6 is 0 Å². The minimum Gasteiger partial charge on any atom is -0.480 e. The first-order chi connectivity index (χ1) is 30.7. The van der Waals surface area contributed by atoms with E-state index in [4.69, 9.17) is 38.5 Å². The predicted octanol–water partition coefficient (Wildman–Crippen LogP) is 4.70. The number of aliphatic carboxylic acids is 1. The van der Waals surface area contributed by atoms with E-state index in [0.29, 0.717) is 116 Å². The summed E-state index contributed by atoms with van der Waals surface area (Å²) in [6.07, 6.45) is 21.4. The van der Waals surface area contributed by atoms with E-state index in [1.807, 2.05) is 0 Å². The Balaban J connectivity index is 1.84. The van der Waals surface area contributed by atoms with Gasteiger partial charge in [-0.3, -0.25) is 14.4 Å². The molecule has 0 aliphatic rings. The van der Waals surface area contributed by atoms with Gasteiger partial charge in [0.25, 0.3) is 5.91 Å². The number of ether oxygens (including phenoxy) is 6. The molecule has 0 unspecified atom stereocenters. The van der Waals surface area contributed by atoms with Gasteiger partial charge in [-0.2, -0.15) is 0 Å². The van der Waals surface area contributed by atoms with Crippen LogP contribution in [0.3, 0.4) is 0 Å². The highest BCUT2D eigenvalue weighted by Crippen LogP contribution is 2.14. The number of rotatable bonds is 46. The Morgan fingerprint density at radius 1 is 0.508 bits per heavy atom. The Morgan fingerprint density at radius 3 is 1.41 bits per heavy atom. The predicted molar refractivity (Wildman–Crippen MR) is 244 cm³/mol. The smallest absolute Gasteiger partial charge is 0.480 e. The fraction of sp³-hybridized carbons (Fsp3) is 0.783. The Labute approximate surface area is 377 Å². The number of carboxylic acid groups (broad SMARTS) is 1. The monoisotopic (exact) mass is 896 g/mol. The highest BCUT2D eigenvalue weighted by Gasteiger charge is 2.19. The van der Waals surface area contributed by atoms with Crippen LogP contribution in [0.2, 0.25) is 0 Å². The van der Waals surface area contributed by atoms with Crippen LogP contribution in [-0.4, -0.2) is 144 Å². The fourth-order valence-corrected chi connectivity index (χ4v) is 6.48. The van der Waals surface area contributed by atoms with E-state index in [2.05, 4.69) is 22.9 Å². The zero-order chi connectivity index (χ0) is 45.9. The molecule has 1 atom stereocenters. The quantitative estimate of drug-likeness (QED) is 0.0387. The molecular weight excluding hydrogens is 813 g/mol. The minimum absolute atomic E-state index is 0.0421. The van der Waals surface area contributed by atoms with Gasteiger partial charge in [0.15, 0.2) is 0 Å². The summed E-state index contributed by atoms with van der Waals surface area (Å²) < 4.78 is 32.7. The topological polar surface area (TPSA) is 220 Å². The van der Waals surface area contributed by atoms with Crippen LogP contribution in [0.15, 0.2) is 24.3 Å². The summed E-state index contributed by atoms with van der Waals surface area (Å²) in [6.45, 7) is 7.36. The second-order valence-corrected chi connectivity index (χ2v) is 15.7.